The molecule has 8 heteroatoms. The van der Waals surface area contributed by atoms with Crippen LogP contribution in [0.1, 0.15) is 38.5 Å². The molecule has 0 spiro atoms. The van der Waals surface area contributed by atoms with Gasteiger partial charge in [0.15, 0.2) is 5.13 Å². The van der Waals surface area contributed by atoms with Crippen molar-refractivity contribution >= 4 is 38.4 Å². The second-order valence-electron chi connectivity index (χ2n) is 10.2. The molecule has 0 radical (unpaired) electrons. The number of ether oxygens (including phenoxy) is 2. The van der Waals surface area contributed by atoms with Crippen molar-refractivity contribution in [1.29, 1.82) is 0 Å². The van der Waals surface area contributed by atoms with Crippen molar-refractivity contribution in [3.8, 4) is 5.75 Å². The minimum absolute atomic E-state index is 0.0297. The van der Waals surface area contributed by atoms with Crippen LogP contribution >= 0.6 is 11.3 Å². The topological polar surface area (TPSA) is 66.9 Å². The molecule has 172 valence electrons. The number of nitrogens with zero attached hydrogens (tertiary/aromatic N) is 3. The summed E-state index contributed by atoms with van der Waals surface area (Å²) in [7, 11) is 3.66. The summed E-state index contributed by atoms with van der Waals surface area (Å²) in [5, 5.41) is 3.77. The number of hydrogen-bond donors (Lipinski definition) is 1. The number of hydrogen-bond acceptors (Lipinski definition) is 6. The molecule has 2 aromatic rings. The van der Waals surface area contributed by atoms with Gasteiger partial charge in [-0.1, -0.05) is 11.3 Å². The van der Waals surface area contributed by atoms with E-state index >= 15 is 0 Å². The Morgan fingerprint density at radius 1 is 1.19 bits per heavy atom. The van der Waals surface area contributed by atoms with Crippen LogP contribution < -0.4 is 15.0 Å². The number of thiazole rings is 1. The lowest BCUT2D eigenvalue weighted by Crippen LogP contribution is -2.61. The third-order valence-corrected chi connectivity index (χ3v) is 9.29. The Hall–Kier alpha value is -2.06. The van der Waals surface area contributed by atoms with Crippen molar-refractivity contribution in [2.24, 2.45) is 17.8 Å². The molecule has 4 bridgehead atoms. The Balaban J connectivity index is 1.26. The highest BCUT2D eigenvalue weighted by molar-refractivity contribution is 7.23. The zero-order chi connectivity index (χ0) is 21.9. The molecule has 1 aliphatic heterocycles. The van der Waals surface area contributed by atoms with Gasteiger partial charge < -0.3 is 19.3 Å². The maximum atomic E-state index is 13.4. The van der Waals surface area contributed by atoms with E-state index in [9.17, 15) is 4.79 Å². The van der Waals surface area contributed by atoms with Gasteiger partial charge in [-0.3, -0.25) is 5.32 Å². The van der Waals surface area contributed by atoms with Crippen LogP contribution in [0.15, 0.2) is 12.1 Å². The van der Waals surface area contributed by atoms with E-state index < -0.39 is 0 Å². The third-order valence-electron chi connectivity index (χ3n) is 8.29. The van der Waals surface area contributed by atoms with Gasteiger partial charge >= 0.3 is 6.03 Å². The van der Waals surface area contributed by atoms with Crippen molar-refractivity contribution in [3.05, 3.63) is 12.1 Å². The Morgan fingerprint density at radius 3 is 2.47 bits per heavy atom. The average molecular weight is 457 g/mol. The van der Waals surface area contributed by atoms with Crippen molar-refractivity contribution in [1.82, 2.24) is 9.88 Å². The first kappa shape index (κ1) is 20.5. The fourth-order valence-corrected chi connectivity index (χ4v) is 8.12. The number of morpholine rings is 1. The Kier molecular flexibility index (Phi) is 4.98. The van der Waals surface area contributed by atoms with Crippen LogP contribution in [0.2, 0.25) is 0 Å². The van der Waals surface area contributed by atoms with Crippen LogP contribution in [0.4, 0.5) is 15.6 Å². The zero-order valence-electron chi connectivity index (χ0n) is 18.9. The summed E-state index contributed by atoms with van der Waals surface area (Å²) in [6.07, 6.45) is 7.61. The Morgan fingerprint density at radius 2 is 1.84 bits per heavy atom. The molecular weight excluding hydrogens is 424 g/mol. The summed E-state index contributed by atoms with van der Waals surface area (Å²) in [5.74, 6) is 3.15. The number of nitrogens with one attached hydrogen (secondary N) is 1. The molecule has 4 aliphatic carbocycles. The monoisotopic (exact) mass is 456 g/mol. The second-order valence-corrected chi connectivity index (χ2v) is 11.2. The number of urea groups is 1. The van der Waals surface area contributed by atoms with Crippen LogP contribution in [0, 0.1) is 17.8 Å². The average Bonchev–Trinajstić information content (AvgIpc) is 3.21. The molecule has 5 aliphatic rings. The highest BCUT2D eigenvalue weighted by Gasteiger charge is 2.53. The van der Waals surface area contributed by atoms with Gasteiger partial charge in [0.25, 0.3) is 0 Å². The van der Waals surface area contributed by atoms with Crippen molar-refractivity contribution in [2.45, 2.75) is 44.1 Å². The number of methoxy groups -OCH3 is 1. The molecule has 1 N–H and O–H groups in total. The summed E-state index contributed by atoms with van der Waals surface area (Å²) in [4.78, 5) is 22.5. The number of anilines is 2. The summed E-state index contributed by atoms with van der Waals surface area (Å²) < 4.78 is 12.2. The maximum absolute atomic E-state index is 13.4. The van der Waals surface area contributed by atoms with Crippen LogP contribution in [-0.2, 0) is 4.74 Å². The van der Waals surface area contributed by atoms with E-state index in [-0.39, 0.29) is 11.6 Å². The molecule has 5 fully saturated rings. The molecule has 7 nitrogen and oxygen atoms in total. The lowest BCUT2D eigenvalue weighted by Gasteiger charge is -2.59. The van der Waals surface area contributed by atoms with Gasteiger partial charge in [0, 0.05) is 25.7 Å². The Bertz CT molecular complexity index is 996. The minimum atomic E-state index is -0.0297. The van der Waals surface area contributed by atoms with Crippen molar-refractivity contribution in [2.75, 3.05) is 50.7 Å². The number of carbonyl (C=O) groups excluding carboxylic acids is 1. The van der Waals surface area contributed by atoms with Gasteiger partial charge in [0.05, 0.1) is 30.7 Å². The van der Waals surface area contributed by atoms with Gasteiger partial charge in [-0.05, 0) is 68.4 Å². The molecule has 4 saturated carbocycles. The highest BCUT2D eigenvalue weighted by atomic mass is 32.1. The lowest BCUT2D eigenvalue weighted by molar-refractivity contribution is -0.0604. The van der Waals surface area contributed by atoms with Gasteiger partial charge in [0.2, 0.25) is 0 Å². The first-order chi connectivity index (χ1) is 15.5. The number of amides is 2. The van der Waals surface area contributed by atoms with Crippen molar-refractivity contribution < 1.29 is 14.3 Å². The maximum Gasteiger partial charge on any atom is 0.323 e. The quantitative estimate of drug-likeness (QED) is 0.730. The van der Waals surface area contributed by atoms with E-state index in [1.165, 1.54) is 49.9 Å². The van der Waals surface area contributed by atoms with E-state index in [1.54, 1.807) is 7.11 Å². The molecule has 2 amide bonds. The van der Waals surface area contributed by atoms with E-state index in [4.69, 9.17) is 14.5 Å². The molecule has 1 saturated heterocycles. The molecular formula is C24H32N4O3S. The number of benzene rings is 1. The highest BCUT2D eigenvalue weighted by Crippen LogP contribution is 2.57. The number of carbonyl (C=O) groups is 1. The van der Waals surface area contributed by atoms with Gasteiger partial charge in [0.1, 0.15) is 11.3 Å². The summed E-state index contributed by atoms with van der Waals surface area (Å²) in [5.41, 5.74) is 1.98. The van der Waals surface area contributed by atoms with Crippen LogP contribution in [0.25, 0.3) is 10.2 Å². The molecule has 2 heterocycles. The number of fused-ring (bicyclic) bond motifs is 1. The molecule has 0 atom stereocenters. The SMILES string of the molecule is COc1ccc(N2CCOCC2)c2sc(NC(=O)N(C)C34CC5CC(CC(C5)C3)C4)nc12. The van der Waals surface area contributed by atoms with Crippen LogP contribution in [0.5, 0.6) is 5.75 Å². The van der Waals surface area contributed by atoms with E-state index in [0.29, 0.717) is 5.13 Å². The summed E-state index contributed by atoms with van der Waals surface area (Å²) in [6.45, 7) is 3.17. The van der Waals surface area contributed by atoms with Crippen molar-refractivity contribution in [3.63, 3.8) is 0 Å². The molecule has 32 heavy (non-hydrogen) atoms. The van der Waals surface area contributed by atoms with Gasteiger partial charge in [-0.2, -0.15) is 0 Å². The van der Waals surface area contributed by atoms with E-state index in [0.717, 1.165) is 65.7 Å². The fraction of sp³-hybridized carbons (Fsp3) is 0.667. The normalized spacial score (nSPS) is 31.2. The van der Waals surface area contributed by atoms with E-state index in [2.05, 4.69) is 16.3 Å². The standard InChI is InChI=1S/C24H32N4O3S/c1-27(24-12-15-9-16(13-24)11-17(10-15)14-24)23(29)26-22-25-20-19(30-2)4-3-18(21(20)32-22)28-5-7-31-8-6-28/h3-4,15-17H,5-14H2,1-2H3,(H,25,26,29). The fourth-order valence-electron chi connectivity index (χ4n) is 7.11. The second kappa shape index (κ2) is 7.76. The van der Waals surface area contributed by atoms with Crippen LogP contribution in [0.3, 0.4) is 0 Å². The Labute approximate surface area is 193 Å². The smallest absolute Gasteiger partial charge is 0.323 e. The molecule has 1 aromatic heterocycles. The first-order valence-corrected chi connectivity index (χ1v) is 12.7. The predicted molar refractivity (Wildman–Crippen MR) is 127 cm³/mol. The summed E-state index contributed by atoms with van der Waals surface area (Å²) >= 11 is 1.54. The largest absolute Gasteiger partial charge is 0.494 e. The van der Waals surface area contributed by atoms with Crippen LogP contribution in [-0.4, -0.2) is 61.9 Å². The first-order valence-electron chi connectivity index (χ1n) is 11.9. The lowest BCUT2D eigenvalue weighted by atomic mass is 9.52. The van der Waals surface area contributed by atoms with Gasteiger partial charge in [-0.15, -0.1) is 0 Å². The molecule has 7 rings (SSSR count). The van der Waals surface area contributed by atoms with E-state index in [1.807, 2.05) is 18.0 Å². The van der Waals surface area contributed by atoms with Gasteiger partial charge in [-0.25, -0.2) is 9.78 Å². The predicted octanol–water partition coefficient (Wildman–Crippen LogP) is 4.57. The molecule has 0 unspecified atom stereocenters. The minimum Gasteiger partial charge on any atom is -0.494 e. The third kappa shape index (κ3) is 3.34. The number of aromatic nitrogens is 1. The zero-order valence-corrected chi connectivity index (χ0v) is 19.7. The molecule has 1 aromatic carbocycles. The number of rotatable bonds is 4. The summed E-state index contributed by atoms with van der Waals surface area (Å²) in [6, 6.07) is 4.04.